The molecular formula is C14H17N3O. The van der Waals surface area contributed by atoms with Crippen LogP contribution in [0.4, 0.5) is 5.69 Å². The second kappa shape index (κ2) is 4.82. The summed E-state index contributed by atoms with van der Waals surface area (Å²) in [6.45, 7) is 5.40. The first-order valence-corrected chi connectivity index (χ1v) is 6.31. The molecule has 0 aliphatic carbocycles. The van der Waals surface area contributed by atoms with E-state index in [-0.39, 0.29) is 0 Å². The van der Waals surface area contributed by atoms with E-state index >= 15 is 0 Å². The van der Waals surface area contributed by atoms with Gasteiger partial charge in [0.2, 0.25) is 0 Å². The van der Waals surface area contributed by atoms with Crippen molar-refractivity contribution in [3.63, 3.8) is 0 Å². The summed E-state index contributed by atoms with van der Waals surface area (Å²) in [5, 5.41) is 3.40. The Bertz CT molecular complexity index is 492. The monoisotopic (exact) mass is 243 g/mol. The van der Waals surface area contributed by atoms with E-state index < -0.39 is 0 Å². The average Bonchev–Trinajstić information content (AvgIpc) is 2.94. The fourth-order valence-corrected chi connectivity index (χ4v) is 2.40. The van der Waals surface area contributed by atoms with Crippen molar-refractivity contribution in [3.05, 3.63) is 36.9 Å². The Labute approximate surface area is 107 Å². The van der Waals surface area contributed by atoms with E-state index in [1.165, 1.54) is 12.1 Å². The molecule has 1 fully saturated rings. The molecule has 0 spiro atoms. The molecule has 1 N–H and O–H groups in total. The van der Waals surface area contributed by atoms with Gasteiger partial charge in [-0.05, 0) is 31.2 Å². The molecule has 2 aromatic rings. The lowest BCUT2D eigenvalue weighted by atomic mass is 10.1. The number of nitrogens with one attached hydrogen (secondary N) is 1. The molecule has 0 bridgehead atoms. The standard InChI is InChI=1S/C14H17N3O/c1-11-8-15-6-7-17(11)13-4-2-12(3-5-13)14-9-16-10-18-14/h2-5,9-11,15H,6-8H2,1H3. The number of piperazine rings is 1. The molecule has 4 nitrogen and oxygen atoms in total. The highest BCUT2D eigenvalue weighted by Gasteiger charge is 2.17. The molecule has 0 amide bonds. The molecular weight excluding hydrogens is 226 g/mol. The van der Waals surface area contributed by atoms with Crippen LogP contribution in [0.2, 0.25) is 0 Å². The third-order valence-electron chi connectivity index (χ3n) is 3.42. The zero-order valence-electron chi connectivity index (χ0n) is 10.5. The highest BCUT2D eigenvalue weighted by molar-refractivity contribution is 5.61. The van der Waals surface area contributed by atoms with Crippen molar-refractivity contribution >= 4 is 5.69 Å². The van der Waals surface area contributed by atoms with E-state index in [4.69, 9.17) is 4.42 Å². The van der Waals surface area contributed by atoms with Crippen LogP contribution in [0.5, 0.6) is 0 Å². The number of rotatable bonds is 2. The van der Waals surface area contributed by atoms with Crippen LogP contribution in [-0.4, -0.2) is 30.7 Å². The highest BCUT2D eigenvalue weighted by Crippen LogP contribution is 2.24. The van der Waals surface area contributed by atoms with E-state index in [9.17, 15) is 0 Å². The van der Waals surface area contributed by atoms with Crippen LogP contribution in [0.15, 0.2) is 41.3 Å². The van der Waals surface area contributed by atoms with Gasteiger partial charge in [0.15, 0.2) is 12.2 Å². The number of anilines is 1. The Hall–Kier alpha value is -1.81. The molecule has 94 valence electrons. The largest absolute Gasteiger partial charge is 0.444 e. The van der Waals surface area contributed by atoms with Gasteiger partial charge < -0.3 is 14.6 Å². The lowest BCUT2D eigenvalue weighted by molar-refractivity contribution is 0.501. The van der Waals surface area contributed by atoms with Gasteiger partial charge >= 0.3 is 0 Å². The first-order chi connectivity index (χ1) is 8.84. The Morgan fingerprint density at radius 3 is 2.83 bits per heavy atom. The van der Waals surface area contributed by atoms with E-state index in [1.54, 1.807) is 6.20 Å². The van der Waals surface area contributed by atoms with Gasteiger partial charge in [-0.3, -0.25) is 0 Å². The van der Waals surface area contributed by atoms with Gasteiger partial charge in [0.1, 0.15) is 0 Å². The summed E-state index contributed by atoms with van der Waals surface area (Å²) in [4.78, 5) is 6.37. The van der Waals surface area contributed by atoms with Crippen molar-refractivity contribution in [3.8, 4) is 11.3 Å². The number of hydrogen-bond acceptors (Lipinski definition) is 4. The second-order valence-corrected chi connectivity index (χ2v) is 4.66. The van der Waals surface area contributed by atoms with Crippen LogP contribution in [-0.2, 0) is 0 Å². The third kappa shape index (κ3) is 2.11. The Kier molecular flexibility index (Phi) is 3.02. The average molecular weight is 243 g/mol. The van der Waals surface area contributed by atoms with Gasteiger partial charge in [-0.2, -0.15) is 0 Å². The van der Waals surface area contributed by atoms with E-state index in [2.05, 4.69) is 46.4 Å². The number of oxazole rings is 1. The molecule has 1 unspecified atom stereocenters. The van der Waals surface area contributed by atoms with Crippen LogP contribution >= 0.6 is 0 Å². The summed E-state index contributed by atoms with van der Waals surface area (Å²) < 4.78 is 5.29. The van der Waals surface area contributed by atoms with Crippen molar-refractivity contribution in [1.82, 2.24) is 10.3 Å². The van der Waals surface area contributed by atoms with E-state index in [0.717, 1.165) is 31.0 Å². The van der Waals surface area contributed by atoms with E-state index in [1.807, 2.05) is 0 Å². The zero-order valence-corrected chi connectivity index (χ0v) is 10.5. The van der Waals surface area contributed by atoms with Crippen molar-refractivity contribution in [2.24, 2.45) is 0 Å². The lowest BCUT2D eigenvalue weighted by Crippen LogP contribution is -2.49. The molecule has 2 heterocycles. The molecule has 4 heteroatoms. The SMILES string of the molecule is CC1CNCCN1c1ccc(-c2cnco2)cc1. The molecule has 18 heavy (non-hydrogen) atoms. The quantitative estimate of drug-likeness (QED) is 0.877. The summed E-state index contributed by atoms with van der Waals surface area (Å²) in [7, 11) is 0. The molecule has 1 aromatic carbocycles. The fourth-order valence-electron chi connectivity index (χ4n) is 2.40. The molecule has 0 saturated carbocycles. The maximum atomic E-state index is 5.29. The van der Waals surface area contributed by atoms with Crippen molar-refractivity contribution in [2.45, 2.75) is 13.0 Å². The maximum absolute atomic E-state index is 5.29. The van der Waals surface area contributed by atoms with Crippen molar-refractivity contribution in [1.29, 1.82) is 0 Å². The van der Waals surface area contributed by atoms with Crippen LogP contribution in [0.1, 0.15) is 6.92 Å². The summed E-state index contributed by atoms with van der Waals surface area (Å²) in [6.07, 6.45) is 3.20. The predicted octanol–water partition coefficient (Wildman–Crippen LogP) is 2.14. The second-order valence-electron chi connectivity index (χ2n) is 4.66. The molecule has 1 aromatic heterocycles. The smallest absolute Gasteiger partial charge is 0.181 e. The lowest BCUT2D eigenvalue weighted by Gasteiger charge is -2.35. The van der Waals surface area contributed by atoms with Crippen LogP contribution in [0.3, 0.4) is 0 Å². The summed E-state index contributed by atoms with van der Waals surface area (Å²) in [6, 6.07) is 9.02. The Morgan fingerprint density at radius 2 is 2.17 bits per heavy atom. The van der Waals surface area contributed by atoms with Crippen molar-refractivity contribution in [2.75, 3.05) is 24.5 Å². The van der Waals surface area contributed by atoms with Crippen LogP contribution in [0.25, 0.3) is 11.3 Å². The predicted molar refractivity (Wildman–Crippen MR) is 71.6 cm³/mol. The van der Waals surface area contributed by atoms with Crippen LogP contribution < -0.4 is 10.2 Å². The summed E-state index contributed by atoms with van der Waals surface area (Å²) in [5.41, 5.74) is 2.34. The molecule has 1 saturated heterocycles. The first kappa shape index (κ1) is 11.3. The maximum Gasteiger partial charge on any atom is 0.181 e. The highest BCUT2D eigenvalue weighted by atomic mass is 16.3. The molecule has 1 atom stereocenters. The minimum atomic E-state index is 0.537. The molecule has 1 aliphatic rings. The zero-order chi connectivity index (χ0) is 12.4. The number of hydrogen-bond donors (Lipinski definition) is 1. The van der Waals surface area contributed by atoms with Gasteiger partial charge in [0.05, 0.1) is 6.20 Å². The summed E-state index contributed by atoms with van der Waals surface area (Å²) >= 11 is 0. The van der Waals surface area contributed by atoms with Gasteiger partial charge in [0, 0.05) is 36.9 Å². The van der Waals surface area contributed by atoms with Gasteiger partial charge in [-0.1, -0.05) is 0 Å². The normalized spacial score (nSPS) is 20.1. The summed E-state index contributed by atoms with van der Waals surface area (Å²) in [5.74, 6) is 0.815. The van der Waals surface area contributed by atoms with Gasteiger partial charge in [-0.15, -0.1) is 0 Å². The minimum absolute atomic E-state index is 0.537. The topological polar surface area (TPSA) is 41.3 Å². The fraction of sp³-hybridized carbons (Fsp3) is 0.357. The molecule has 1 aliphatic heterocycles. The van der Waals surface area contributed by atoms with E-state index in [0.29, 0.717) is 6.04 Å². The van der Waals surface area contributed by atoms with Gasteiger partial charge in [-0.25, -0.2) is 4.98 Å². The molecule has 0 radical (unpaired) electrons. The Balaban J connectivity index is 1.82. The third-order valence-corrected chi connectivity index (χ3v) is 3.42. The van der Waals surface area contributed by atoms with Crippen molar-refractivity contribution < 1.29 is 4.42 Å². The minimum Gasteiger partial charge on any atom is -0.444 e. The van der Waals surface area contributed by atoms with Crippen LogP contribution in [0, 0.1) is 0 Å². The number of aromatic nitrogens is 1. The Morgan fingerprint density at radius 1 is 1.33 bits per heavy atom. The van der Waals surface area contributed by atoms with Gasteiger partial charge in [0.25, 0.3) is 0 Å². The first-order valence-electron chi connectivity index (χ1n) is 6.31. The number of nitrogens with zero attached hydrogens (tertiary/aromatic N) is 2. The number of benzene rings is 1. The molecule has 3 rings (SSSR count).